The minimum absolute atomic E-state index is 0.353. The van der Waals surface area contributed by atoms with Gasteiger partial charge in [-0.1, -0.05) is 0 Å². The molecule has 0 atom stereocenters. The van der Waals surface area contributed by atoms with Gasteiger partial charge in [-0.2, -0.15) is 0 Å². The molecule has 0 spiro atoms. The Balaban J connectivity index is 2.05. The van der Waals surface area contributed by atoms with Crippen molar-refractivity contribution in [1.29, 1.82) is 0 Å². The maximum atomic E-state index is 11.1. The number of rotatable bonds is 5. The van der Waals surface area contributed by atoms with Crippen LogP contribution in [0.3, 0.4) is 0 Å². The Morgan fingerprint density at radius 3 is 2.25 bits per heavy atom. The normalized spacial score (nSPS) is 11.2. The van der Waals surface area contributed by atoms with Crippen LogP contribution in [0.1, 0.15) is 12.5 Å². The topological polar surface area (TPSA) is 47.9 Å². The maximum absolute atomic E-state index is 11.1. The van der Waals surface area contributed by atoms with Crippen LogP contribution in [0.5, 0.6) is 0 Å². The zero-order chi connectivity index (χ0) is 14.2. The van der Waals surface area contributed by atoms with E-state index >= 15 is 0 Å². The van der Waals surface area contributed by atoms with E-state index < -0.39 is 20.6 Å². The molecule has 0 saturated carbocycles. The molecule has 0 heterocycles. The second kappa shape index (κ2) is 7.64. The Bertz CT molecular complexity index is 572. The molecule has 0 aliphatic heterocycles. The molecule has 5 heteroatoms. The van der Waals surface area contributed by atoms with Crippen LogP contribution in [0.2, 0.25) is 0 Å². The molecular formula is C15H14INO3. The molecule has 0 aromatic heterocycles. The fraction of sp³-hybridized carbons (Fsp3) is 0.0667. The van der Waals surface area contributed by atoms with Gasteiger partial charge in [-0.15, -0.1) is 0 Å². The van der Waals surface area contributed by atoms with Gasteiger partial charge in [0.25, 0.3) is 0 Å². The van der Waals surface area contributed by atoms with Crippen LogP contribution >= 0.6 is 20.6 Å². The van der Waals surface area contributed by atoms with Crippen molar-refractivity contribution in [2.75, 3.05) is 0 Å². The third-order valence-electron chi connectivity index (χ3n) is 2.19. The standard InChI is InChI=1S/C15H14INO3/c1-13(18)19-16(15-10-6-3-7-11-15)20-17-12-14-8-4-2-5-9-14/h2-12H,1H3/b17-12+. The van der Waals surface area contributed by atoms with E-state index in [-0.39, 0.29) is 5.97 Å². The quantitative estimate of drug-likeness (QED) is 0.448. The second-order valence-electron chi connectivity index (χ2n) is 3.80. The van der Waals surface area contributed by atoms with Crippen molar-refractivity contribution in [3.8, 4) is 0 Å². The van der Waals surface area contributed by atoms with E-state index in [0.717, 1.165) is 9.13 Å². The van der Waals surface area contributed by atoms with Gasteiger partial charge in [-0.05, 0) is 0 Å². The molecule has 104 valence electrons. The Morgan fingerprint density at radius 2 is 1.65 bits per heavy atom. The number of carbonyl (C=O) groups excluding carboxylic acids is 1. The summed E-state index contributed by atoms with van der Waals surface area (Å²) in [5.41, 5.74) is 0.930. The summed E-state index contributed by atoms with van der Waals surface area (Å²) in [5, 5.41) is 3.94. The monoisotopic (exact) mass is 383 g/mol. The van der Waals surface area contributed by atoms with Crippen molar-refractivity contribution in [1.82, 2.24) is 0 Å². The summed E-state index contributed by atoms with van der Waals surface area (Å²) in [4.78, 5) is 11.1. The number of hydrogen-bond acceptors (Lipinski definition) is 4. The average molecular weight is 383 g/mol. The van der Waals surface area contributed by atoms with Crippen LogP contribution < -0.4 is 0 Å². The molecule has 0 saturated heterocycles. The van der Waals surface area contributed by atoms with Crippen molar-refractivity contribution in [3.63, 3.8) is 0 Å². The summed E-state index contributed by atoms with van der Waals surface area (Å²) in [5.74, 6) is -0.353. The first kappa shape index (κ1) is 14.5. The Kier molecular flexibility index (Phi) is 5.55. The Hall–Kier alpha value is -1.89. The number of hydrogen-bond donors (Lipinski definition) is 0. The van der Waals surface area contributed by atoms with E-state index in [1.165, 1.54) is 6.92 Å². The van der Waals surface area contributed by atoms with E-state index in [1.807, 2.05) is 60.7 Å². The molecule has 2 rings (SSSR count). The molecule has 0 aliphatic rings. The number of nitrogens with zero attached hydrogens (tertiary/aromatic N) is 1. The third kappa shape index (κ3) is 4.65. The molecule has 0 fully saturated rings. The summed E-state index contributed by atoms with van der Waals surface area (Å²) in [7, 11) is 0. The number of halogens is 1. The van der Waals surface area contributed by atoms with E-state index in [2.05, 4.69) is 5.16 Å². The number of oxime groups is 1. The van der Waals surface area contributed by atoms with Crippen LogP contribution in [0.4, 0.5) is 0 Å². The third-order valence-corrected chi connectivity index (χ3v) is 5.54. The van der Waals surface area contributed by atoms with E-state index in [1.54, 1.807) is 6.21 Å². The second-order valence-corrected chi connectivity index (χ2v) is 7.12. The first-order valence-electron chi connectivity index (χ1n) is 5.96. The van der Waals surface area contributed by atoms with Crippen molar-refractivity contribution in [2.45, 2.75) is 6.92 Å². The summed E-state index contributed by atoms with van der Waals surface area (Å²) >= 11 is -2.53. The van der Waals surface area contributed by atoms with Gasteiger partial charge < -0.3 is 0 Å². The van der Waals surface area contributed by atoms with Gasteiger partial charge in [0.15, 0.2) is 0 Å². The molecule has 0 bridgehead atoms. The zero-order valence-electron chi connectivity index (χ0n) is 10.9. The molecule has 0 N–H and O–H groups in total. The molecule has 2 aromatic carbocycles. The molecule has 4 nitrogen and oxygen atoms in total. The number of carbonyl (C=O) groups is 1. The summed E-state index contributed by atoms with van der Waals surface area (Å²) in [6.45, 7) is 1.37. The van der Waals surface area contributed by atoms with Gasteiger partial charge >= 0.3 is 126 Å². The molecule has 0 unspecified atom stereocenters. The first-order chi connectivity index (χ1) is 9.75. The van der Waals surface area contributed by atoms with Crippen LogP contribution in [0, 0.1) is 3.57 Å². The molecule has 2 aromatic rings. The fourth-order valence-corrected chi connectivity index (χ4v) is 3.82. The molecule has 20 heavy (non-hydrogen) atoms. The summed E-state index contributed by atoms with van der Waals surface area (Å²) in [6, 6.07) is 19.0. The summed E-state index contributed by atoms with van der Waals surface area (Å²) in [6.07, 6.45) is 1.61. The Morgan fingerprint density at radius 1 is 1.05 bits per heavy atom. The summed E-state index contributed by atoms with van der Waals surface area (Å²) < 4.78 is 11.6. The molecule has 0 radical (unpaired) electrons. The SMILES string of the molecule is CC(=O)OI(O/N=C/c1ccccc1)c1ccccc1. The van der Waals surface area contributed by atoms with E-state index in [9.17, 15) is 4.79 Å². The van der Waals surface area contributed by atoms with Gasteiger partial charge in [0.2, 0.25) is 0 Å². The van der Waals surface area contributed by atoms with E-state index in [4.69, 9.17) is 6.23 Å². The van der Waals surface area contributed by atoms with Crippen LogP contribution in [-0.2, 0) is 11.0 Å². The first-order valence-corrected chi connectivity index (χ1v) is 8.80. The van der Waals surface area contributed by atoms with Gasteiger partial charge in [-0.3, -0.25) is 0 Å². The van der Waals surface area contributed by atoms with Gasteiger partial charge in [0, 0.05) is 0 Å². The van der Waals surface area contributed by atoms with E-state index in [0.29, 0.717) is 0 Å². The van der Waals surface area contributed by atoms with Crippen molar-refractivity contribution in [3.05, 3.63) is 69.8 Å². The minimum atomic E-state index is -2.53. The average Bonchev–Trinajstić information content (AvgIpc) is 2.48. The molecule has 0 aliphatic carbocycles. The van der Waals surface area contributed by atoms with Gasteiger partial charge in [0.05, 0.1) is 0 Å². The van der Waals surface area contributed by atoms with Crippen molar-refractivity contribution in [2.24, 2.45) is 5.16 Å². The van der Waals surface area contributed by atoms with Crippen molar-refractivity contribution < 1.29 is 11.0 Å². The van der Waals surface area contributed by atoms with Crippen LogP contribution in [-0.4, -0.2) is 12.2 Å². The zero-order valence-corrected chi connectivity index (χ0v) is 13.1. The van der Waals surface area contributed by atoms with Crippen molar-refractivity contribution >= 4 is 32.8 Å². The Labute approximate surface area is 125 Å². The fourth-order valence-electron chi connectivity index (χ4n) is 1.37. The molecular weight excluding hydrogens is 369 g/mol. The predicted molar refractivity (Wildman–Crippen MR) is 86.0 cm³/mol. The number of benzene rings is 2. The molecule has 0 amide bonds. The van der Waals surface area contributed by atoms with Crippen LogP contribution in [0.25, 0.3) is 0 Å². The van der Waals surface area contributed by atoms with Crippen LogP contribution in [0.15, 0.2) is 65.8 Å². The predicted octanol–water partition coefficient (Wildman–Crippen LogP) is 3.81. The van der Waals surface area contributed by atoms with Gasteiger partial charge in [-0.25, -0.2) is 0 Å². The van der Waals surface area contributed by atoms with Gasteiger partial charge in [0.1, 0.15) is 0 Å².